The van der Waals surface area contributed by atoms with Crippen molar-refractivity contribution in [3.8, 4) is 17.0 Å². The van der Waals surface area contributed by atoms with Gasteiger partial charge in [0, 0.05) is 41.2 Å². The molecule has 122 valence electrons. The van der Waals surface area contributed by atoms with Crippen LogP contribution in [0.1, 0.15) is 18.0 Å². The van der Waals surface area contributed by atoms with Crippen LogP contribution in [0.4, 0.5) is 4.79 Å². The van der Waals surface area contributed by atoms with Gasteiger partial charge in [-0.2, -0.15) is 0 Å². The van der Waals surface area contributed by atoms with Gasteiger partial charge in [0.1, 0.15) is 5.75 Å². The number of rotatable bonds is 2. The van der Waals surface area contributed by atoms with E-state index in [2.05, 4.69) is 28.1 Å². The van der Waals surface area contributed by atoms with E-state index < -0.39 is 6.09 Å². The van der Waals surface area contributed by atoms with Crippen molar-refractivity contribution in [2.24, 2.45) is 7.05 Å². The molecule has 1 atom stereocenters. The standard InChI is InChI=1S/C19H18N2O3/c1-21-16-5-3-2-4-12(16)10-17(21)13-6-7-14-15(20-19(22)23)8-9-24-18(14)11-13/h2-7,10-11,15,20H,8-9H2,1H3,(H,22,23). The number of aryl methyl sites for hydroxylation is 1. The predicted molar refractivity (Wildman–Crippen MR) is 92.4 cm³/mol. The van der Waals surface area contributed by atoms with Gasteiger partial charge < -0.3 is 19.7 Å². The normalized spacial score (nSPS) is 16.5. The van der Waals surface area contributed by atoms with Gasteiger partial charge in [0.2, 0.25) is 0 Å². The van der Waals surface area contributed by atoms with Crippen molar-refractivity contribution >= 4 is 17.0 Å². The third-order valence-electron chi connectivity index (χ3n) is 4.60. The number of nitrogens with zero attached hydrogens (tertiary/aromatic N) is 1. The summed E-state index contributed by atoms with van der Waals surface area (Å²) in [5, 5.41) is 12.7. The molecule has 1 aliphatic heterocycles. The van der Waals surface area contributed by atoms with Crippen molar-refractivity contribution in [3.63, 3.8) is 0 Å². The molecule has 0 bridgehead atoms. The Labute approximate surface area is 139 Å². The molecule has 3 aromatic rings. The summed E-state index contributed by atoms with van der Waals surface area (Å²) in [5.41, 5.74) is 4.24. The van der Waals surface area contributed by atoms with Gasteiger partial charge in [-0.1, -0.05) is 30.3 Å². The quantitative estimate of drug-likeness (QED) is 0.751. The van der Waals surface area contributed by atoms with Crippen molar-refractivity contribution < 1.29 is 14.6 Å². The maximum atomic E-state index is 11.0. The molecule has 1 aliphatic rings. The van der Waals surface area contributed by atoms with Crippen molar-refractivity contribution in [2.45, 2.75) is 12.5 Å². The van der Waals surface area contributed by atoms with Crippen molar-refractivity contribution in [3.05, 3.63) is 54.1 Å². The average molecular weight is 322 g/mol. The molecule has 0 radical (unpaired) electrons. The molecule has 4 rings (SSSR count). The van der Waals surface area contributed by atoms with Crippen molar-refractivity contribution in [1.29, 1.82) is 0 Å². The number of carbonyl (C=O) groups is 1. The number of para-hydroxylation sites is 1. The fourth-order valence-corrected chi connectivity index (χ4v) is 3.41. The first-order chi connectivity index (χ1) is 11.6. The third-order valence-corrected chi connectivity index (χ3v) is 4.60. The first-order valence-electron chi connectivity index (χ1n) is 7.94. The summed E-state index contributed by atoms with van der Waals surface area (Å²) in [6, 6.07) is 16.2. The van der Waals surface area contributed by atoms with Crippen LogP contribution >= 0.6 is 0 Å². The van der Waals surface area contributed by atoms with Crippen LogP contribution in [0.15, 0.2) is 48.5 Å². The molecule has 2 N–H and O–H groups in total. The molecule has 0 saturated heterocycles. The van der Waals surface area contributed by atoms with Crippen LogP contribution in [-0.2, 0) is 7.05 Å². The smallest absolute Gasteiger partial charge is 0.405 e. The van der Waals surface area contributed by atoms with Gasteiger partial charge in [0.05, 0.1) is 12.6 Å². The Morgan fingerprint density at radius 1 is 1.25 bits per heavy atom. The van der Waals surface area contributed by atoms with Crippen LogP contribution in [0.2, 0.25) is 0 Å². The molecule has 0 saturated carbocycles. The molecule has 1 aromatic heterocycles. The Balaban J connectivity index is 1.77. The number of benzene rings is 2. The van der Waals surface area contributed by atoms with Gasteiger partial charge >= 0.3 is 6.09 Å². The van der Waals surface area contributed by atoms with Crippen LogP contribution in [0.25, 0.3) is 22.2 Å². The SMILES string of the molecule is Cn1c(-c2ccc3c(c2)OCCC3NC(=O)O)cc2ccccc21. The molecule has 5 nitrogen and oxygen atoms in total. The van der Waals surface area contributed by atoms with Gasteiger partial charge in [0.25, 0.3) is 0 Å². The Morgan fingerprint density at radius 2 is 2.08 bits per heavy atom. The zero-order valence-electron chi connectivity index (χ0n) is 13.3. The molecule has 0 aliphatic carbocycles. The van der Waals surface area contributed by atoms with Gasteiger partial charge in [-0.15, -0.1) is 0 Å². The highest BCUT2D eigenvalue weighted by molar-refractivity contribution is 5.87. The highest BCUT2D eigenvalue weighted by atomic mass is 16.5. The minimum Gasteiger partial charge on any atom is -0.493 e. The lowest BCUT2D eigenvalue weighted by Crippen LogP contribution is -2.30. The lowest BCUT2D eigenvalue weighted by molar-refractivity contribution is 0.182. The summed E-state index contributed by atoms with van der Waals surface area (Å²) in [5.74, 6) is 0.753. The van der Waals surface area contributed by atoms with Crippen LogP contribution in [0.3, 0.4) is 0 Å². The van der Waals surface area contributed by atoms with E-state index in [0.29, 0.717) is 13.0 Å². The van der Waals surface area contributed by atoms with E-state index in [9.17, 15) is 4.79 Å². The van der Waals surface area contributed by atoms with Crippen LogP contribution in [0.5, 0.6) is 5.75 Å². The largest absolute Gasteiger partial charge is 0.493 e. The fraction of sp³-hybridized carbons (Fsp3) is 0.211. The van der Waals surface area contributed by atoms with E-state index in [1.54, 1.807) is 0 Å². The molecule has 0 fully saturated rings. The van der Waals surface area contributed by atoms with E-state index in [-0.39, 0.29) is 6.04 Å². The van der Waals surface area contributed by atoms with Crippen LogP contribution in [0, 0.1) is 0 Å². The lowest BCUT2D eigenvalue weighted by Gasteiger charge is -2.26. The number of fused-ring (bicyclic) bond motifs is 2. The molecule has 24 heavy (non-hydrogen) atoms. The summed E-state index contributed by atoms with van der Waals surface area (Å²) in [6.07, 6.45) is -0.363. The molecular weight excluding hydrogens is 304 g/mol. The lowest BCUT2D eigenvalue weighted by atomic mass is 9.98. The number of carboxylic acid groups (broad SMARTS) is 1. The fourth-order valence-electron chi connectivity index (χ4n) is 3.41. The van der Waals surface area contributed by atoms with E-state index in [1.807, 2.05) is 37.4 Å². The number of ether oxygens (including phenoxy) is 1. The van der Waals surface area contributed by atoms with Crippen LogP contribution in [-0.4, -0.2) is 22.4 Å². The monoisotopic (exact) mass is 322 g/mol. The zero-order chi connectivity index (χ0) is 16.7. The average Bonchev–Trinajstić information content (AvgIpc) is 2.91. The summed E-state index contributed by atoms with van der Waals surface area (Å²) in [4.78, 5) is 11.0. The Morgan fingerprint density at radius 3 is 2.88 bits per heavy atom. The van der Waals surface area contributed by atoms with Gasteiger partial charge in [-0.25, -0.2) is 4.79 Å². The summed E-state index contributed by atoms with van der Waals surface area (Å²) >= 11 is 0. The molecule has 1 unspecified atom stereocenters. The first-order valence-corrected chi connectivity index (χ1v) is 7.94. The number of hydrogen-bond acceptors (Lipinski definition) is 2. The minimum absolute atomic E-state index is 0.215. The number of amides is 1. The second-order valence-corrected chi connectivity index (χ2v) is 6.04. The Kier molecular flexibility index (Phi) is 3.41. The molecule has 0 spiro atoms. The van der Waals surface area contributed by atoms with Gasteiger partial charge in [0.15, 0.2) is 0 Å². The second kappa shape index (κ2) is 5.60. The maximum Gasteiger partial charge on any atom is 0.405 e. The summed E-state index contributed by atoms with van der Waals surface area (Å²) in [7, 11) is 2.05. The third kappa shape index (κ3) is 2.38. The molecule has 1 amide bonds. The predicted octanol–water partition coefficient (Wildman–Crippen LogP) is 3.94. The van der Waals surface area contributed by atoms with Crippen molar-refractivity contribution in [2.75, 3.05) is 6.61 Å². The highest BCUT2D eigenvalue weighted by Gasteiger charge is 2.23. The van der Waals surface area contributed by atoms with E-state index in [4.69, 9.17) is 9.84 Å². The number of aromatic nitrogens is 1. The Hall–Kier alpha value is -2.95. The summed E-state index contributed by atoms with van der Waals surface area (Å²) < 4.78 is 7.93. The van der Waals surface area contributed by atoms with E-state index in [1.165, 1.54) is 10.9 Å². The van der Waals surface area contributed by atoms with E-state index in [0.717, 1.165) is 22.6 Å². The second-order valence-electron chi connectivity index (χ2n) is 6.04. The maximum absolute atomic E-state index is 11.0. The van der Waals surface area contributed by atoms with E-state index >= 15 is 0 Å². The number of hydrogen-bond donors (Lipinski definition) is 2. The van der Waals surface area contributed by atoms with Gasteiger partial charge in [-0.05, 0) is 18.2 Å². The topological polar surface area (TPSA) is 63.5 Å². The zero-order valence-corrected chi connectivity index (χ0v) is 13.3. The molecule has 2 heterocycles. The molecular formula is C19H18N2O3. The minimum atomic E-state index is -1.01. The number of nitrogens with one attached hydrogen (secondary N) is 1. The van der Waals surface area contributed by atoms with Crippen molar-refractivity contribution in [1.82, 2.24) is 9.88 Å². The van der Waals surface area contributed by atoms with Gasteiger partial charge in [-0.3, -0.25) is 0 Å². The summed E-state index contributed by atoms with van der Waals surface area (Å²) in [6.45, 7) is 0.510. The Bertz CT molecular complexity index is 930. The van der Waals surface area contributed by atoms with Crippen LogP contribution < -0.4 is 10.1 Å². The first kappa shape index (κ1) is 14.6. The molecule has 2 aromatic carbocycles. The highest BCUT2D eigenvalue weighted by Crippen LogP contribution is 2.36. The molecule has 5 heteroatoms.